The maximum absolute atomic E-state index is 14.0. The monoisotopic (exact) mass is 520 g/mol. The van der Waals surface area contributed by atoms with E-state index in [1.54, 1.807) is 9.80 Å². The van der Waals surface area contributed by atoms with Gasteiger partial charge in [-0.3, -0.25) is 4.79 Å². The van der Waals surface area contributed by atoms with Crippen molar-refractivity contribution in [1.82, 2.24) is 4.90 Å². The van der Waals surface area contributed by atoms with Crippen LogP contribution in [0.3, 0.4) is 0 Å². The summed E-state index contributed by atoms with van der Waals surface area (Å²) < 4.78 is 11.1. The molecule has 0 unspecified atom stereocenters. The van der Waals surface area contributed by atoms with Crippen molar-refractivity contribution in [3.8, 4) is 0 Å². The third-order valence-corrected chi connectivity index (χ3v) is 9.27. The number of rotatable bonds is 5. The van der Waals surface area contributed by atoms with E-state index in [4.69, 9.17) is 9.47 Å². The number of ether oxygens (including phenoxy) is 2. The third-order valence-electron chi connectivity index (χ3n) is 7.73. The number of carboxylic acids is 1. The second kappa shape index (κ2) is 11.1. The van der Waals surface area contributed by atoms with E-state index in [0.29, 0.717) is 57.2 Å². The maximum Gasteiger partial charge on any atom is 0.410 e. The van der Waals surface area contributed by atoms with Crippen molar-refractivity contribution in [2.45, 2.75) is 90.2 Å². The highest BCUT2D eigenvalue weighted by molar-refractivity contribution is 7.14. The van der Waals surface area contributed by atoms with E-state index in [0.717, 1.165) is 30.6 Å². The zero-order valence-corrected chi connectivity index (χ0v) is 22.8. The molecular weight excluding hydrogens is 480 g/mol. The molecule has 8 nitrogen and oxygen atoms in total. The Kier molecular flexibility index (Phi) is 8.29. The van der Waals surface area contributed by atoms with E-state index in [1.165, 1.54) is 11.3 Å². The maximum atomic E-state index is 14.0. The highest BCUT2D eigenvalue weighted by Crippen LogP contribution is 2.41. The number of amides is 2. The number of carbonyl (C=O) groups excluding carboxylic acids is 2. The van der Waals surface area contributed by atoms with Gasteiger partial charge < -0.3 is 24.4 Å². The van der Waals surface area contributed by atoms with E-state index < -0.39 is 5.97 Å². The van der Waals surface area contributed by atoms with Crippen LogP contribution >= 0.6 is 11.3 Å². The number of hydrogen-bond donors (Lipinski definition) is 1. The topological polar surface area (TPSA) is 96.4 Å². The van der Waals surface area contributed by atoms with Crippen LogP contribution in [0, 0.1) is 11.8 Å². The van der Waals surface area contributed by atoms with Crippen molar-refractivity contribution in [2.75, 3.05) is 31.2 Å². The molecule has 0 bridgehead atoms. The SMILES string of the molecule is CC1CCC(C(=O)N(c2cc(C(C)(C)C)sc2C(=O)O)[C@H]2CCN(C(=O)OC3CCOCC3)C2)CC1. The molecule has 3 fully saturated rings. The fraction of sp³-hybridized carbons (Fsp3) is 0.741. The van der Waals surface area contributed by atoms with Gasteiger partial charge in [0.15, 0.2) is 0 Å². The summed E-state index contributed by atoms with van der Waals surface area (Å²) in [4.78, 5) is 43.7. The molecule has 2 saturated heterocycles. The number of likely N-dealkylation sites (tertiary alicyclic amines) is 1. The predicted molar refractivity (Wildman–Crippen MR) is 139 cm³/mol. The molecule has 1 saturated carbocycles. The van der Waals surface area contributed by atoms with Gasteiger partial charge in [-0.25, -0.2) is 9.59 Å². The Labute approximate surface area is 217 Å². The van der Waals surface area contributed by atoms with E-state index in [-0.39, 0.29) is 40.4 Å². The van der Waals surface area contributed by atoms with Crippen LogP contribution in [0.25, 0.3) is 0 Å². The van der Waals surface area contributed by atoms with Crippen molar-refractivity contribution in [1.29, 1.82) is 0 Å². The van der Waals surface area contributed by atoms with Crippen molar-refractivity contribution in [2.24, 2.45) is 11.8 Å². The predicted octanol–water partition coefficient (Wildman–Crippen LogP) is 5.29. The quantitative estimate of drug-likeness (QED) is 0.567. The van der Waals surface area contributed by atoms with Crippen LogP contribution in [-0.4, -0.2) is 66.4 Å². The zero-order valence-electron chi connectivity index (χ0n) is 22.0. The molecule has 0 aromatic carbocycles. The van der Waals surface area contributed by atoms with Crippen LogP contribution in [0.2, 0.25) is 0 Å². The summed E-state index contributed by atoms with van der Waals surface area (Å²) in [6, 6.07) is 1.61. The van der Waals surface area contributed by atoms with Gasteiger partial charge in [-0.1, -0.05) is 27.7 Å². The lowest BCUT2D eigenvalue weighted by molar-refractivity contribution is -0.124. The molecule has 1 atom stereocenters. The second-order valence-electron chi connectivity index (χ2n) is 11.6. The minimum absolute atomic E-state index is 0.00712. The first-order chi connectivity index (χ1) is 17.0. The largest absolute Gasteiger partial charge is 0.477 e. The van der Waals surface area contributed by atoms with Crippen LogP contribution in [0.1, 0.15) is 87.2 Å². The van der Waals surface area contributed by atoms with Gasteiger partial charge in [0.05, 0.1) is 24.9 Å². The third kappa shape index (κ3) is 6.05. The Balaban J connectivity index is 1.60. The van der Waals surface area contributed by atoms with Crippen LogP contribution in [0.4, 0.5) is 10.5 Å². The summed E-state index contributed by atoms with van der Waals surface area (Å²) in [7, 11) is 0. The van der Waals surface area contributed by atoms with Crippen LogP contribution in [0.15, 0.2) is 6.07 Å². The number of anilines is 1. The normalized spacial score (nSPS) is 25.6. The standard InChI is InChI=1S/C27H40N2O6S/c1-17-5-7-18(8-6-17)24(30)29(21-15-22(27(2,3)4)36-23(21)25(31)32)19-9-12-28(16-19)26(33)35-20-10-13-34-14-11-20/h15,17-20H,5-14,16H2,1-4H3,(H,31,32)/t17?,18?,19-/m0/s1. The van der Waals surface area contributed by atoms with E-state index in [9.17, 15) is 19.5 Å². The first-order valence-electron chi connectivity index (χ1n) is 13.3. The zero-order chi connectivity index (χ0) is 26.0. The van der Waals surface area contributed by atoms with Gasteiger partial charge >= 0.3 is 12.1 Å². The smallest absolute Gasteiger partial charge is 0.410 e. The summed E-state index contributed by atoms with van der Waals surface area (Å²) in [5.74, 6) is -0.543. The average Bonchev–Trinajstić information content (AvgIpc) is 3.49. The molecule has 200 valence electrons. The minimum atomic E-state index is -1.02. The van der Waals surface area contributed by atoms with E-state index in [1.807, 2.05) is 26.8 Å². The van der Waals surface area contributed by atoms with Crippen LogP contribution < -0.4 is 4.90 Å². The number of aromatic carboxylic acids is 1. The molecule has 1 aromatic heterocycles. The van der Waals surface area contributed by atoms with E-state index in [2.05, 4.69) is 6.92 Å². The summed E-state index contributed by atoms with van der Waals surface area (Å²) >= 11 is 1.25. The van der Waals surface area contributed by atoms with Crippen molar-refractivity contribution < 1.29 is 29.0 Å². The van der Waals surface area contributed by atoms with Crippen LogP contribution in [-0.2, 0) is 19.7 Å². The molecule has 2 aliphatic heterocycles. The number of hydrogen-bond acceptors (Lipinski definition) is 6. The van der Waals surface area contributed by atoms with Crippen molar-refractivity contribution in [3.63, 3.8) is 0 Å². The molecule has 3 aliphatic rings. The number of thiophene rings is 1. The van der Waals surface area contributed by atoms with Crippen molar-refractivity contribution >= 4 is 35.0 Å². The molecular formula is C27H40N2O6S. The molecule has 36 heavy (non-hydrogen) atoms. The highest BCUT2D eigenvalue weighted by atomic mass is 32.1. The first-order valence-corrected chi connectivity index (χ1v) is 14.1. The van der Waals surface area contributed by atoms with Gasteiger partial charge in [0.2, 0.25) is 5.91 Å². The molecule has 2 amide bonds. The van der Waals surface area contributed by atoms with Gasteiger partial charge in [-0.05, 0) is 49.5 Å². The Morgan fingerprint density at radius 2 is 1.75 bits per heavy atom. The molecule has 1 N–H and O–H groups in total. The molecule has 1 aromatic rings. The van der Waals surface area contributed by atoms with Gasteiger partial charge in [-0.2, -0.15) is 0 Å². The van der Waals surface area contributed by atoms with Gasteiger partial charge in [0.25, 0.3) is 0 Å². The summed E-state index contributed by atoms with van der Waals surface area (Å²) in [5, 5.41) is 10.1. The fourth-order valence-electron chi connectivity index (χ4n) is 5.41. The fourth-order valence-corrected chi connectivity index (χ4v) is 6.46. The summed E-state index contributed by atoms with van der Waals surface area (Å²) in [6.45, 7) is 10.4. The van der Waals surface area contributed by atoms with Crippen molar-refractivity contribution in [3.05, 3.63) is 15.8 Å². The lowest BCUT2D eigenvalue weighted by atomic mass is 9.82. The molecule has 0 radical (unpaired) electrons. The average molecular weight is 521 g/mol. The summed E-state index contributed by atoms with van der Waals surface area (Å²) in [6.07, 6.45) is 5.12. The van der Waals surface area contributed by atoms with Gasteiger partial charge in [0, 0.05) is 36.7 Å². The molecule has 3 heterocycles. The highest BCUT2D eigenvalue weighted by Gasteiger charge is 2.40. The molecule has 9 heteroatoms. The van der Waals surface area contributed by atoms with Gasteiger partial charge in [0.1, 0.15) is 11.0 Å². The lowest BCUT2D eigenvalue weighted by Gasteiger charge is -2.34. The number of nitrogens with zero attached hydrogens (tertiary/aromatic N) is 2. The summed E-state index contributed by atoms with van der Waals surface area (Å²) in [5.41, 5.74) is 0.239. The first kappa shape index (κ1) is 26.9. The van der Waals surface area contributed by atoms with Crippen LogP contribution in [0.5, 0.6) is 0 Å². The van der Waals surface area contributed by atoms with Gasteiger partial charge in [-0.15, -0.1) is 11.3 Å². The molecule has 0 spiro atoms. The lowest BCUT2D eigenvalue weighted by Crippen LogP contribution is -2.47. The molecule has 1 aliphatic carbocycles. The Hall–Kier alpha value is -2.13. The Bertz CT molecular complexity index is 956. The number of carbonyl (C=O) groups is 3. The Morgan fingerprint density at radius 3 is 2.36 bits per heavy atom. The Morgan fingerprint density at radius 1 is 1.08 bits per heavy atom. The second-order valence-corrected chi connectivity index (χ2v) is 12.7. The molecule has 4 rings (SSSR count). The minimum Gasteiger partial charge on any atom is -0.477 e. The van der Waals surface area contributed by atoms with E-state index >= 15 is 0 Å². The number of carboxylic acid groups (broad SMARTS) is 1.